The van der Waals surface area contributed by atoms with Gasteiger partial charge in [0.1, 0.15) is 11.2 Å². The number of carbonyl (C=O) groups is 2. The van der Waals surface area contributed by atoms with Crippen LogP contribution in [-0.4, -0.2) is 58.1 Å². The number of hydrogen-bond donors (Lipinski definition) is 0. The first-order valence-electron chi connectivity index (χ1n) is 13.4. The molecule has 0 aliphatic carbocycles. The molecule has 0 radical (unpaired) electrons. The summed E-state index contributed by atoms with van der Waals surface area (Å²) in [6.45, 7) is 11.6. The summed E-state index contributed by atoms with van der Waals surface area (Å²) < 4.78 is 15.0. The summed E-state index contributed by atoms with van der Waals surface area (Å²) in [5.74, 6) is 6.66. The van der Waals surface area contributed by atoms with E-state index < -0.39 is 23.4 Å². The van der Waals surface area contributed by atoms with Crippen molar-refractivity contribution in [1.29, 1.82) is 0 Å². The summed E-state index contributed by atoms with van der Waals surface area (Å²) in [7, 11) is 3.91. The molecule has 0 aliphatic heterocycles. The minimum Gasteiger partial charge on any atom is -0.443 e. The Morgan fingerprint density at radius 3 is 1.85 bits per heavy atom. The Hall–Kier alpha value is -4.28. The summed E-state index contributed by atoms with van der Waals surface area (Å²) in [6.07, 6.45) is -0.953. The van der Waals surface area contributed by atoms with Gasteiger partial charge in [0.2, 0.25) is 0 Å². The molecule has 0 bridgehead atoms. The van der Waals surface area contributed by atoms with Crippen LogP contribution in [0.25, 0.3) is 43.6 Å². The minimum absolute atomic E-state index is 0.471. The van der Waals surface area contributed by atoms with E-state index in [0.29, 0.717) is 34.2 Å². The monoisotopic (exact) mass is 537 g/mol. The zero-order valence-corrected chi connectivity index (χ0v) is 24.4. The van der Waals surface area contributed by atoms with Crippen molar-refractivity contribution in [2.45, 2.75) is 52.7 Å². The number of hydrogen-bond acceptors (Lipinski definition) is 5. The lowest BCUT2D eigenvalue weighted by Crippen LogP contribution is -2.27. The molecule has 0 amide bonds. The second kappa shape index (κ2) is 9.72. The second-order valence-corrected chi connectivity index (χ2v) is 12.2. The highest BCUT2D eigenvalue weighted by Gasteiger charge is 2.28. The number of para-hydroxylation sites is 2. The maximum Gasteiger partial charge on any atom is 0.419 e. The molecule has 2 heterocycles. The van der Waals surface area contributed by atoms with Gasteiger partial charge in [0.25, 0.3) is 0 Å². The molecule has 3 aromatic carbocycles. The molecule has 7 nitrogen and oxygen atoms in total. The smallest absolute Gasteiger partial charge is 0.419 e. The first-order chi connectivity index (χ1) is 18.8. The minimum atomic E-state index is -0.692. The number of benzene rings is 3. The van der Waals surface area contributed by atoms with Crippen LogP contribution < -0.4 is 0 Å². The zero-order valence-electron chi connectivity index (χ0n) is 24.4. The average molecular weight is 538 g/mol. The molecule has 0 saturated carbocycles. The normalized spacial score (nSPS) is 12.3. The molecule has 5 aromatic rings. The summed E-state index contributed by atoms with van der Waals surface area (Å²) >= 11 is 0. The van der Waals surface area contributed by atoms with Gasteiger partial charge in [-0.1, -0.05) is 48.2 Å². The van der Waals surface area contributed by atoms with Crippen molar-refractivity contribution in [2.75, 3.05) is 20.6 Å². The first kappa shape index (κ1) is 27.3. The van der Waals surface area contributed by atoms with Crippen LogP contribution in [0.4, 0.5) is 9.59 Å². The van der Waals surface area contributed by atoms with Crippen LogP contribution in [0.3, 0.4) is 0 Å². The number of nitrogens with zero attached hydrogens (tertiary/aromatic N) is 3. The highest BCUT2D eigenvalue weighted by Crippen LogP contribution is 2.40. The standard InChI is InChI=1S/C33H35N3O4/c1-32(2,3)39-30(37)35-26-18-12-10-15-22(26)28-23(16-13-19-34(7)8)29-24(20-27(28)35)21-14-9-11-17-25(21)36(29)31(38)40-33(4,5)6/h9-12,14-15,17-18,20H,19H2,1-8H3. The van der Waals surface area contributed by atoms with Gasteiger partial charge in [0.15, 0.2) is 0 Å². The van der Waals surface area contributed by atoms with Gasteiger partial charge in [0, 0.05) is 21.5 Å². The van der Waals surface area contributed by atoms with Gasteiger partial charge in [-0.05, 0) is 73.8 Å². The van der Waals surface area contributed by atoms with Crippen LogP contribution in [0.15, 0.2) is 54.6 Å². The number of rotatable bonds is 1. The lowest BCUT2D eigenvalue weighted by Gasteiger charge is -2.21. The molecule has 0 saturated heterocycles. The van der Waals surface area contributed by atoms with E-state index in [9.17, 15) is 9.59 Å². The van der Waals surface area contributed by atoms with Crippen LogP contribution in [0.2, 0.25) is 0 Å². The highest BCUT2D eigenvalue weighted by atomic mass is 16.6. The highest BCUT2D eigenvalue weighted by molar-refractivity contribution is 6.24. The largest absolute Gasteiger partial charge is 0.443 e. The fourth-order valence-electron chi connectivity index (χ4n) is 4.98. The van der Waals surface area contributed by atoms with E-state index in [4.69, 9.17) is 9.47 Å². The Balaban J connectivity index is 2.00. The number of carbonyl (C=O) groups excluding carboxylic acids is 2. The lowest BCUT2D eigenvalue weighted by atomic mass is 10.0. The van der Waals surface area contributed by atoms with E-state index >= 15 is 0 Å². The van der Waals surface area contributed by atoms with Crippen LogP contribution in [-0.2, 0) is 9.47 Å². The van der Waals surface area contributed by atoms with E-state index in [1.807, 2.05) is 115 Å². The van der Waals surface area contributed by atoms with Crippen molar-refractivity contribution in [3.63, 3.8) is 0 Å². The van der Waals surface area contributed by atoms with E-state index in [2.05, 4.69) is 11.8 Å². The first-order valence-corrected chi connectivity index (χ1v) is 13.4. The van der Waals surface area contributed by atoms with Gasteiger partial charge in [-0.2, -0.15) is 0 Å². The predicted octanol–water partition coefficient (Wildman–Crippen LogP) is 7.38. The molecular weight excluding hydrogens is 502 g/mol. The summed E-state index contributed by atoms with van der Waals surface area (Å²) in [4.78, 5) is 29.4. The van der Waals surface area contributed by atoms with Crippen molar-refractivity contribution in [2.24, 2.45) is 0 Å². The summed E-state index contributed by atoms with van der Waals surface area (Å²) in [6, 6.07) is 17.4. The topological polar surface area (TPSA) is 65.7 Å². The molecule has 206 valence electrons. The van der Waals surface area contributed by atoms with Crippen molar-refractivity contribution < 1.29 is 19.1 Å². The van der Waals surface area contributed by atoms with E-state index in [0.717, 1.165) is 21.5 Å². The number of fused-ring (bicyclic) bond motifs is 6. The molecule has 0 unspecified atom stereocenters. The molecule has 0 spiro atoms. The molecule has 5 rings (SSSR count). The Kier molecular flexibility index (Phi) is 6.63. The van der Waals surface area contributed by atoms with Crippen LogP contribution in [0, 0.1) is 11.8 Å². The third-order valence-electron chi connectivity index (χ3n) is 6.35. The Labute approximate surface area is 234 Å². The van der Waals surface area contributed by atoms with Gasteiger partial charge in [-0.15, -0.1) is 0 Å². The van der Waals surface area contributed by atoms with Gasteiger partial charge in [-0.25, -0.2) is 18.7 Å². The van der Waals surface area contributed by atoms with Crippen molar-refractivity contribution in [3.05, 3.63) is 60.2 Å². The fraction of sp³-hybridized carbons (Fsp3) is 0.333. The molecule has 0 atom stereocenters. The summed E-state index contributed by atoms with van der Waals surface area (Å²) in [5, 5.41) is 3.30. The van der Waals surface area contributed by atoms with E-state index in [1.165, 1.54) is 0 Å². The molecular formula is C33H35N3O4. The van der Waals surface area contributed by atoms with Crippen LogP contribution in [0.5, 0.6) is 0 Å². The number of ether oxygens (including phenoxy) is 2. The molecule has 2 aromatic heterocycles. The number of aromatic nitrogens is 2. The fourth-order valence-corrected chi connectivity index (χ4v) is 4.98. The SMILES string of the molecule is CN(C)CC#Cc1c2c3ccccc3n(C(=O)OC(C)(C)C)c2cc2c3ccccc3n(C(=O)OC(C)(C)C)c12. The zero-order chi connectivity index (χ0) is 29.0. The van der Waals surface area contributed by atoms with E-state index in [1.54, 1.807) is 9.13 Å². The Morgan fingerprint density at radius 1 is 0.750 bits per heavy atom. The molecule has 0 fully saturated rings. The van der Waals surface area contributed by atoms with Crippen molar-refractivity contribution in [3.8, 4) is 11.8 Å². The van der Waals surface area contributed by atoms with Gasteiger partial charge >= 0.3 is 12.2 Å². The molecule has 0 aliphatic rings. The van der Waals surface area contributed by atoms with Crippen molar-refractivity contribution >= 4 is 55.8 Å². The molecule has 40 heavy (non-hydrogen) atoms. The molecule has 0 N–H and O–H groups in total. The average Bonchev–Trinajstić information content (AvgIpc) is 3.34. The lowest BCUT2D eigenvalue weighted by molar-refractivity contribution is 0.0539. The maximum atomic E-state index is 13.8. The van der Waals surface area contributed by atoms with Gasteiger partial charge in [0.05, 0.1) is 34.2 Å². The van der Waals surface area contributed by atoms with Crippen LogP contribution >= 0.6 is 0 Å². The summed E-state index contributed by atoms with van der Waals surface area (Å²) in [5.41, 5.74) is 2.04. The second-order valence-electron chi connectivity index (χ2n) is 12.2. The van der Waals surface area contributed by atoms with Gasteiger partial charge in [-0.3, -0.25) is 4.90 Å². The third kappa shape index (κ3) is 4.91. The quantitative estimate of drug-likeness (QED) is 0.209. The predicted molar refractivity (Wildman–Crippen MR) is 161 cm³/mol. The van der Waals surface area contributed by atoms with Crippen molar-refractivity contribution in [1.82, 2.24) is 14.0 Å². The van der Waals surface area contributed by atoms with Gasteiger partial charge < -0.3 is 9.47 Å². The maximum absolute atomic E-state index is 13.8. The molecule has 7 heteroatoms. The van der Waals surface area contributed by atoms with Crippen LogP contribution in [0.1, 0.15) is 47.1 Å². The Morgan fingerprint density at radius 2 is 1.27 bits per heavy atom. The third-order valence-corrected chi connectivity index (χ3v) is 6.35. The van der Waals surface area contributed by atoms with E-state index in [-0.39, 0.29) is 0 Å². The Bertz CT molecular complexity index is 1860.